The minimum atomic E-state index is -0.458. The Labute approximate surface area is 131 Å². The zero-order valence-corrected chi connectivity index (χ0v) is 13.0. The quantitative estimate of drug-likeness (QED) is 0.844. The van der Waals surface area contributed by atoms with Gasteiger partial charge in [0, 0.05) is 31.4 Å². The van der Waals surface area contributed by atoms with Crippen LogP contribution >= 0.6 is 0 Å². The van der Waals surface area contributed by atoms with Crippen LogP contribution in [0.15, 0.2) is 24.3 Å². The molecule has 3 rings (SSSR count). The first-order valence-corrected chi connectivity index (χ1v) is 7.98. The highest BCUT2D eigenvalue weighted by molar-refractivity contribution is 6.40. The van der Waals surface area contributed by atoms with Gasteiger partial charge in [-0.2, -0.15) is 0 Å². The molecule has 0 atom stereocenters. The van der Waals surface area contributed by atoms with Crippen LogP contribution in [0.4, 0.5) is 5.69 Å². The molecule has 1 aliphatic carbocycles. The first-order valence-electron chi connectivity index (χ1n) is 7.98. The molecule has 2 N–H and O–H groups in total. The number of nitrogens with two attached hydrogens (primary N) is 1. The van der Waals surface area contributed by atoms with Crippen molar-refractivity contribution in [2.24, 2.45) is 5.73 Å². The summed E-state index contributed by atoms with van der Waals surface area (Å²) >= 11 is 0. The topological polar surface area (TPSA) is 66.6 Å². The second kappa shape index (κ2) is 5.72. The summed E-state index contributed by atoms with van der Waals surface area (Å²) in [6.07, 6.45) is 5.49. The van der Waals surface area contributed by atoms with Gasteiger partial charge in [0.25, 0.3) is 0 Å². The minimum absolute atomic E-state index is 0.298. The predicted molar refractivity (Wildman–Crippen MR) is 85.4 cm³/mol. The third-order valence-corrected chi connectivity index (χ3v) is 4.91. The van der Waals surface area contributed by atoms with E-state index in [1.165, 1.54) is 11.3 Å². The van der Waals surface area contributed by atoms with E-state index in [1.54, 1.807) is 11.9 Å². The van der Waals surface area contributed by atoms with Crippen LogP contribution in [0.5, 0.6) is 0 Å². The van der Waals surface area contributed by atoms with Crippen LogP contribution in [-0.4, -0.2) is 36.9 Å². The summed E-state index contributed by atoms with van der Waals surface area (Å²) in [4.78, 5) is 27.1. The number of amides is 2. The van der Waals surface area contributed by atoms with Gasteiger partial charge in [0.1, 0.15) is 0 Å². The van der Waals surface area contributed by atoms with E-state index in [0.717, 1.165) is 36.9 Å². The number of likely N-dealkylation sites (N-methyl/N-ethyl adjacent to an activating group) is 1. The van der Waals surface area contributed by atoms with Crippen molar-refractivity contribution in [2.45, 2.75) is 37.6 Å². The molecule has 1 heterocycles. The van der Waals surface area contributed by atoms with Crippen LogP contribution in [0.3, 0.4) is 0 Å². The van der Waals surface area contributed by atoms with Gasteiger partial charge in [-0.3, -0.25) is 9.59 Å². The summed E-state index contributed by atoms with van der Waals surface area (Å²) < 4.78 is 0. The Kier molecular flexibility index (Phi) is 3.91. The second-order valence-electron chi connectivity index (χ2n) is 6.45. The van der Waals surface area contributed by atoms with Gasteiger partial charge >= 0.3 is 11.8 Å². The van der Waals surface area contributed by atoms with E-state index in [9.17, 15) is 9.59 Å². The summed E-state index contributed by atoms with van der Waals surface area (Å²) in [5.41, 5.74) is 8.14. The molecule has 1 aromatic rings. The van der Waals surface area contributed by atoms with Crippen molar-refractivity contribution < 1.29 is 9.59 Å². The van der Waals surface area contributed by atoms with Crippen LogP contribution in [0.25, 0.3) is 0 Å². The Morgan fingerprint density at radius 2 is 1.77 bits per heavy atom. The second-order valence-corrected chi connectivity index (χ2v) is 6.45. The number of piperazine rings is 1. The summed E-state index contributed by atoms with van der Waals surface area (Å²) in [6.45, 7) is 1.09. The third kappa shape index (κ3) is 2.61. The van der Waals surface area contributed by atoms with Gasteiger partial charge in [-0.25, -0.2) is 0 Å². The van der Waals surface area contributed by atoms with Gasteiger partial charge in [-0.05, 0) is 30.5 Å². The van der Waals surface area contributed by atoms with E-state index < -0.39 is 11.8 Å². The molecule has 0 unspecified atom stereocenters. The summed E-state index contributed by atoms with van der Waals surface area (Å²) in [5, 5.41) is 0. The van der Waals surface area contributed by atoms with Crippen molar-refractivity contribution in [3.8, 4) is 0 Å². The first kappa shape index (κ1) is 15.0. The van der Waals surface area contributed by atoms with E-state index in [0.29, 0.717) is 13.1 Å². The van der Waals surface area contributed by atoms with Crippen molar-refractivity contribution in [2.75, 3.05) is 25.0 Å². The maximum absolute atomic E-state index is 12.2. The SMILES string of the molecule is CN1CCN(c2cccc(C3(N)CCCCC3)c2)C(=O)C1=O. The number of hydrogen-bond donors (Lipinski definition) is 1. The molecule has 2 fully saturated rings. The molecule has 1 aliphatic heterocycles. The number of benzene rings is 1. The van der Waals surface area contributed by atoms with Crippen LogP contribution < -0.4 is 10.6 Å². The number of anilines is 1. The van der Waals surface area contributed by atoms with Crippen molar-refractivity contribution in [3.63, 3.8) is 0 Å². The minimum Gasteiger partial charge on any atom is -0.336 e. The zero-order valence-electron chi connectivity index (χ0n) is 13.0. The zero-order chi connectivity index (χ0) is 15.7. The highest BCUT2D eigenvalue weighted by Crippen LogP contribution is 2.36. The molecule has 1 saturated heterocycles. The number of nitrogens with zero attached hydrogens (tertiary/aromatic N) is 2. The smallest absolute Gasteiger partial charge is 0.316 e. The fourth-order valence-electron chi connectivity index (χ4n) is 3.43. The fourth-order valence-corrected chi connectivity index (χ4v) is 3.43. The summed E-state index contributed by atoms with van der Waals surface area (Å²) in [7, 11) is 1.66. The van der Waals surface area contributed by atoms with Crippen molar-refractivity contribution in [3.05, 3.63) is 29.8 Å². The lowest BCUT2D eigenvalue weighted by Gasteiger charge is -2.36. The van der Waals surface area contributed by atoms with Gasteiger partial charge < -0.3 is 15.5 Å². The number of carbonyl (C=O) groups is 2. The Morgan fingerprint density at radius 1 is 1.05 bits per heavy atom. The molecular formula is C17H23N3O2. The molecule has 118 valence electrons. The Bertz CT molecular complexity index is 593. The molecule has 22 heavy (non-hydrogen) atoms. The molecular weight excluding hydrogens is 278 g/mol. The van der Waals surface area contributed by atoms with Crippen molar-refractivity contribution in [1.29, 1.82) is 0 Å². The molecule has 0 bridgehead atoms. The fraction of sp³-hybridized carbons (Fsp3) is 0.529. The monoisotopic (exact) mass is 301 g/mol. The van der Waals surface area contributed by atoms with E-state index in [4.69, 9.17) is 5.73 Å². The van der Waals surface area contributed by atoms with E-state index in [2.05, 4.69) is 0 Å². The lowest BCUT2D eigenvalue weighted by molar-refractivity contribution is -0.145. The Balaban J connectivity index is 1.88. The number of hydrogen-bond acceptors (Lipinski definition) is 3. The van der Waals surface area contributed by atoms with Gasteiger partial charge in [0.15, 0.2) is 0 Å². The normalized spacial score (nSPS) is 22.1. The molecule has 0 aromatic heterocycles. The van der Waals surface area contributed by atoms with E-state index >= 15 is 0 Å². The van der Waals surface area contributed by atoms with Gasteiger partial charge in [-0.1, -0.05) is 31.4 Å². The number of rotatable bonds is 2. The molecule has 1 saturated carbocycles. The van der Waals surface area contributed by atoms with Gasteiger partial charge in [0.05, 0.1) is 0 Å². The van der Waals surface area contributed by atoms with Crippen LogP contribution in [0.2, 0.25) is 0 Å². The van der Waals surface area contributed by atoms with Crippen LogP contribution in [0, 0.1) is 0 Å². The Morgan fingerprint density at radius 3 is 2.50 bits per heavy atom. The highest BCUT2D eigenvalue weighted by Gasteiger charge is 2.33. The summed E-state index contributed by atoms with van der Waals surface area (Å²) in [5.74, 6) is -0.905. The molecule has 5 heteroatoms. The van der Waals surface area contributed by atoms with Gasteiger partial charge in [-0.15, -0.1) is 0 Å². The van der Waals surface area contributed by atoms with Crippen molar-refractivity contribution >= 4 is 17.5 Å². The molecule has 0 radical (unpaired) electrons. The molecule has 1 aromatic carbocycles. The number of carbonyl (C=O) groups excluding carboxylic acids is 2. The third-order valence-electron chi connectivity index (χ3n) is 4.91. The predicted octanol–water partition coefficient (Wildman–Crippen LogP) is 1.61. The maximum Gasteiger partial charge on any atom is 0.316 e. The molecule has 2 amide bonds. The van der Waals surface area contributed by atoms with Crippen LogP contribution in [0.1, 0.15) is 37.7 Å². The Hall–Kier alpha value is -1.88. The largest absolute Gasteiger partial charge is 0.336 e. The summed E-state index contributed by atoms with van der Waals surface area (Å²) in [6, 6.07) is 7.84. The average molecular weight is 301 g/mol. The molecule has 5 nitrogen and oxygen atoms in total. The standard InChI is InChI=1S/C17H23N3O2/c1-19-10-11-20(16(22)15(19)21)14-7-5-6-13(12-14)17(18)8-3-2-4-9-17/h5-7,12H,2-4,8-11,18H2,1H3. The lowest BCUT2D eigenvalue weighted by atomic mass is 9.77. The van der Waals surface area contributed by atoms with Crippen molar-refractivity contribution in [1.82, 2.24) is 4.90 Å². The van der Waals surface area contributed by atoms with E-state index in [-0.39, 0.29) is 5.54 Å². The lowest BCUT2D eigenvalue weighted by Crippen LogP contribution is -2.53. The highest BCUT2D eigenvalue weighted by atomic mass is 16.2. The average Bonchev–Trinajstić information content (AvgIpc) is 2.54. The molecule has 2 aliphatic rings. The maximum atomic E-state index is 12.2. The van der Waals surface area contributed by atoms with Crippen LogP contribution in [-0.2, 0) is 15.1 Å². The van der Waals surface area contributed by atoms with Gasteiger partial charge in [0.2, 0.25) is 0 Å². The first-order chi connectivity index (χ1) is 10.5. The molecule has 0 spiro atoms. The van der Waals surface area contributed by atoms with E-state index in [1.807, 2.05) is 24.3 Å².